The zero-order valence-corrected chi connectivity index (χ0v) is 11.6. The van der Waals surface area contributed by atoms with E-state index < -0.39 is 0 Å². The number of aryl methyl sites for hydroxylation is 3. The van der Waals surface area contributed by atoms with Crippen molar-refractivity contribution in [1.82, 2.24) is 4.98 Å². The van der Waals surface area contributed by atoms with Crippen molar-refractivity contribution in [2.45, 2.75) is 27.3 Å². The zero-order valence-electron chi connectivity index (χ0n) is 10.7. The zero-order chi connectivity index (χ0) is 13.1. The first-order valence-electron chi connectivity index (χ1n) is 5.77. The van der Waals surface area contributed by atoms with Crippen molar-refractivity contribution in [1.29, 1.82) is 5.26 Å². The molecule has 2 aromatic heterocycles. The molecule has 3 nitrogen and oxygen atoms in total. The Morgan fingerprint density at radius 3 is 2.72 bits per heavy atom. The number of nitriles is 1. The first-order valence-corrected chi connectivity index (χ1v) is 6.59. The number of hydrogen-bond donors (Lipinski definition) is 1. The van der Waals surface area contributed by atoms with Gasteiger partial charge in [-0.15, -0.1) is 11.3 Å². The van der Waals surface area contributed by atoms with Crippen LogP contribution in [-0.2, 0) is 6.54 Å². The van der Waals surface area contributed by atoms with Gasteiger partial charge in [0.1, 0.15) is 11.9 Å². The standard InChI is InChI=1S/C14H15N3S/c1-9-6-10(2)17-14(13(9)7-15)16-8-12-5-4-11(3)18-12/h4-6H,8H2,1-3H3,(H,16,17). The Labute approximate surface area is 111 Å². The van der Waals surface area contributed by atoms with Crippen LogP contribution in [0.25, 0.3) is 0 Å². The normalized spacial score (nSPS) is 10.1. The van der Waals surface area contributed by atoms with E-state index in [2.05, 4.69) is 35.4 Å². The van der Waals surface area contributed by atoms with E-state index in [1.807, 2.05) is 19.9 Å². The molecule has 0 fully saturated rings. The minimum atomic E-state index is 0.633. The van der Waals surface area contributed by atoms with E-state index in [-0.39, 0.29) is 0 Å². The molecule has 1 N–H and O–H groups in total. The molecule has 0 radical (unpaired) electrons. The van der Waals surface area contributed by atoms with Gasteiger partial charge in [0.2, 0.25) is 0 Å². The van der Waals surface area contributed by atoms with Gasteiger partial charge in [-0.1, -0.05) is 0 Å². The Hall–Kier alpha value is -1.86. The summed E-state index contributed by atoms with van der Waals surface area (Å²) in [6, 6.07) is 8.34. The van der Waals surface area contributed by atoms with Crippen LogP contribution in [0.4, 0.5) is 5.82 Å². The average Bonchev–Trinajstić information content (AvgIpc) is 2.72. The van der Waals surface area contributed by atoms with Gasteiger partial charge < -0.3 is 5.32 Å². The highest BCUT2D eigenvalue weighted by Crippen LogP contribution is 2.20. The summed E-state index contributed by atoms with van der Waals surface area (Å²) >= 11 is 1.76. The lowest BCUT2D eigenvalue weighted by Crippen LogP contribution is -2.04. The maximum atomic E-state index is 9.16. The fraction of sp³-hybridized carbons (Fsp3) is 0.286. The third-order valence-corrected chi connectivity index (χ3v) is 3.68. The Balaban J connectivity index is 2.21. The number of nitrogens with zero attached hydrogens (tertiary/aromatic N) is 2. The summed E-state index contributed by atoms with van der Waals surface area (Å²) in [5.74, 6) is 0.682. The summed E-state index contributed by atoms with van der Waals surface area (Å²) in [6.45, 7) is 6.68. The highest BCUT2D eigenvalue weighted by Gasteiger charge is 2.08. The van der Waals surface area contributed by atoms with Crippen molar-refractivity contribution in [3.63, 3.8) is 0 Å². The van der Waals surface area contributed by atoms with Crippen LogP contribution in [0.3, 0.4) is 0 Å². The molecule has 0 aliphatic carbocycles. The largest absolute Gasteiger partial charge is 0.364 e. The molecule has 0 aliphatic rings. The van der Waals surface area contributed by atoms with Crippen LogP contribution in [0.2, 0.25) is 0 Å². The summed E-state index contributed by atoms with van der Waals surface area (Å²) in [5.41, 5.74) is 2.53. The number of thiophene rings is 1. The van der Waals surface area contributed by atoms with Gasteiger partial charge in [0, 0.05) is 15.4 Å². The van der Waals surface area contributed by atoms with Crippen molar-refractivity contribution in [2.75, 3.05) is 5.32 Å². The molecule has 2 aromatic rings. The molecule has 92 valence electrons. The lowest BCUT2D eigenvalue weighted by Gasteiger charge is -2.09. The second-order valence-corrected chi connectivity index (χ2v) is 5.65. The van der Waals surface area contributed by atoms with Gasteiger partial charge in [0.25, 0.3) is 0 Å². The molecule has 0 saturated carbocycles. The van der Waals surface area contributed by atoms with Gasteiger partial charge >= 0.3 is 0 Å². The van der Waals surface area contributed by atoms with Gasteiger partial charge in [-0.3, -0.25) is 0 Å². The predicted molar refractivity (Wildman–Crippen MR) is 74.8 cm³/mol. The molecule has 18 heavy (non-hydrogen) atoms. The van der Waals surface area contributed by atoms with Crippen LogP contribution in [0.15, 0.2) is 18.2 Å². The molecule has 0 bridgehead atoms. The van der Waals surface area contributed by atoms with Gasteiger partial charge in [0.15, 0.2) is 0 Å². The van der Waals surface area contributed by atoms with E-state index in [0.717, 1.165) is 11.3 Å². The molecule has 0 aliphatic heterocycles. The average molecular weight is 257 g/mol. The summed E-state index contributed by atoms with van der Waals surface area (Å²) in [7, 11) is 0. The van der Waals surface area contributed by atoms with E-state index in [0.29, 0.717) is 17.9 Å². The molecule has 2 rings (SSSR count). The summed E-state index contributed by atoms with van der Waals surface area (Å²) in [5, 5.41) is 12.4. The predicted octanol–water partition coefficient (Wildman–Crippen LogP) is 3.55. The van der Waals surface area contributed by atoms with Crippen molar-refractivity contribution in [2.24, 2.45) is 0 Å². The first kappa shape index (κ1) is 12.6. The topological polar surface area (TPSA) is 48.7 Å². The van der Waals surface area contributed by atoms with Crippen molar-refractivity contribution in [3.8, 4) is 6.07 Å². The number of pyridine rings is 1. The smallest absolute Gasteiger partial charge is 0.144 e. The monoisotopic (exact) mass is 257 g/mol. The molecule has 0 atom stereocenters. The van der Waals surface area contributed by atoms with Gasteiger partial charge in [-0.05, 0) is 44.5 Å². The van der Waals surface area contributed by atoms with Gasteiger partial charge in [-0.25, -0.2) is 4.98 Å². The number of hydrogen-bond acceptors (Lipinski definition) is 4. The molecular weight excluding hydrogens is 242 g/mol. The minimum Gasteiger partial charge on any atom is -0.364 e. The van der Waals surface area contributed by atoms with Crippen molar-refractivity contribution < 1.29 is 0 Å². The number of anilines is 1. The van der Waals surface area contributed by atoms with Crippen LogP contribution in [0.5, 0.6) is 0 Å². The molecule has 0 aromatic carbocycles. The maximum Gasteiger partial charge on any atom is 0.144 e. The summed E-state index contributed by atoms with van der Waals surface area (Å²) in [4.78, 5) is 6.94. The molecule has 4 heteroatoms. The Morgan fingerprint density at radius 1 is 1.33 bits per heavy atom. The van der Waals surface area contributed by atoms with E-state index in [1.165, 1.54) is 9.75 Å². The third-order valence-electron chi connectivity index (χ3n) is 2.68. The molecule has 0 amide bonds. The lowest BCUT2D eigenvalue weighted by atomic mass is 10.1. The Morgan fingerprint density at radius 2 is 2.11 bits per heavy atom. The van der Waals surface area contributed by atoms with Crippen LogP contribution < -0.4 is 5.32 Å². The lowest BCUT2D eigenvalue weighted by molar-refractivity contribution is 1.09. The quantitative estimate of drug-likeness (QED) is 0.914. The van der Waals surface area contributed by atoms with E-state index in [4.69, 9.17) is 5.26 Å². The van der Waals surface area contributed by atoms with Crippen molar-refractivity contribution >= 4 is 17.2 Å². The van der Waals surface area contributed by atoms with E-state index in [9.17, 15) is 0 Å². The Kier molecular flexibility index (Phi) is 3.63. The van der Waals surface area contributed by atoms with Crippen LogP contribution in [-0.4, -0.2) is 4.98 Å². The highest BCUT2D eigenvalue weighted by atomic mass is 32.1. The van der Waals surface area contributed by atoms with Crippen LogP contribution in [0.1, 0.15) is 26.6 Å². The molecular formula is C14H15N3S. The Bertz CT molecular complexity index is 608. The molecule has 0 saturated heterocycles. The van der Waals surface area contributed by atoms with Crippen LogP contribution >= 0.6 is 11.3 Å². The molecule has 2 heterocycles. The fourth-order valence-electron chi connectivity index (χ4n) is 1.86. The SMILES string of the molecule is Cc1cc(C)c(C#N)c(NCc2ccc(C)s2)n1. The van der Waals surface area contributed by atoms with Gasteiger partial charge in [0.05, 0.1) is 12.1 Å². The first-order chi connectivity index (χ1) is 8.60. The number of aromatic nitrogens is 1. The summed E-state index contributed by atoms with van der Waals surface area (Å²) < 4.78 is 0. The minimum absolute atomic E-state index is 0.633. The van der Waals surface area contributed by atoms with Crippen LogP contribution in [0, 0.1) is 32.1 Å². The second kappa shape index (κ2) is 5.19. The molecule has 0 spiro atoms. The fourth-order valence-corrected chi connectivity index (χ4v) is 2.69. The van der Waals surface area contributed by atoms with Crippen molar-refractivity contribution in [3.05, 3.63) is 44.8 Å². The number of rotatable bonds is 3. The molecule has 0 unspecified atom stereocenters. The van der Waals surface area contributed by atoms with Gasteiger partial charge in [-0.2, -0.15) is 5.26 Å². The third kappa shape index (κ3) is 2.69. The van der Waals surface area contributed by atoms with E-state index >= 15 is 0 Å². The van der Waals surface area contributed by atoms with E-state index in [1.54, 1.807) is 11.3 Å². The highest BCUT2D eigenvalue weighted by molar-refractivity contribution is 7.11. The summed E-state index contributed by atoms with van der Waals surface area (Å²) in [6.07, 6.45) is 0. The second-order valence-electron chi connectivity index (χ2n) is 4.28. The number of nitrogens with one attached hydrogen (secondary N) is 1. The maximum absolute atomic E-state index is 9.16.